The molecule has 0 radical (unpaired) electrons. The van der Waals surface area contributed by atoms with E-state index < -0.39 is 12.1 Å². The number of halogens is 1. The number of carbonyl (C=O) groups excluding carboxylic acids is 1. The second-order valence-corrected chi connectivity index (χ2v) is 4.64. The largest absolute Gasteiger partial charge is 0.348 e. The van der Waals surface area contributed by atoms with E-state index in [2.05, 4.69) is 5.32 Å². The Morgan fingerprint density at radius 1 is 1.10 bits per heavy atom. The number of amides is 1. The molecule has 2 rings (SSSR count). The SMILES string of the molecule is C[C@@H](NC(=O)[C@H](N)c1ccccc1)c1ccccc1F. The molecule has 0 heterocycles. The minimum Gasteiger partial charge on any atom is -0.348 e. The van der Waals surface area contributed by atoms with Gasteiger partial charge in [-0.05, 0) is 18.6 Å². The van der Waals surface area contributed by atoms with Crippen molar-refractivity contribution >= 4 is 5.91 Å². The first-order chi connectivity index (χ1) is 9.59. The van der Waals surface area contributed by atoms with Crippen LogP contribution >= 0.6 is 0 Å². The molecular formula is C16H17FN2O. The Hall–Kier alpha value is -2.20. The average molecular weight is 272 g/mol. The summed E-state index contributed by atoms with van der Waals surface area (Å²) in [6, 6.07) is 14.3. The highest BCUT2D eigenvalue weighted by Crippen LogP contribution is 2.17. The van der Waals surface area contributed by atoms with Crippen molar-refractivity contribution in [2.45, 2.75) is 19.0 Å². The lowest BCUT2D eigenvalue weighted by atomic mass is 10.0. The van der Waals surface area contributed by atoms with Gasteiger partial charge in [0, 0.05) is 5.56 Å². The fourth-order valence-electron chi connectivity index (χ4n) is 2.02. The van der Waals surface area contributed by atoms with Crippen molar-refractivity contribution in [1.29, 1.82) is 0 Å². The fraction of sp³-hybridized carbons (Fsp3) is 0.188. The van der Waals surface area contributed by atoms with E-state index >= 15 is 0 Å². The maximum absolute atomic E-state index is 13.6. The zero-order chi connectivity index (χ0) is 14.5. The maximum Gasteiger partial charge on any atom is 0.241 e. The zero-order valence-electron chi connectivity index (χ0n) is 11.2. The van der Waals surface area contributed by atoms with Gasteiger partial charge in [-0.3, -0.25) is 4.79 Å². The molecule has 0 aromatic heterocycles. The summed E-state index contributed by atoms with van der Waals surface area (Å²) in [5, 5.41) is 2.73. The second kappa shape index (κ2) is 6.30. The highest BCUT2D eigenvalue weighted by Gasteiger charge is 2.19. The van der Waals surface area contributed by atoms with Gasteiger partial charge in [0.05, 0.1) is 6.04 Å². The van der Waals surface area contributed by atoms with E-state index in [-0.39, 0.29) is 11.7 Å². The summed E-state index contributed by atoms with van der Waals surface area (Å²) in [6.45, 7) is 1.73. The van der Waals surface area contributed by atoms with E-state index in [1.54, 1.807) is 37.3 Å². The molecule has 1 amide bonds. The Balaban J connectivity index is 2.07. The van der Waals surface area contributed by atoms with Crippen LogP contribution in [0.3, 0.4) is 0 Å². The number of benzene rings is 2. The third kappa shape index (κ3) is 3.22. The number of carbonyl (C=O) groups is 1. The van der Waals surface area contributed by atoms with Crippen LogP contribution < -0.4 is 11.1 Å². The molecule has 104 valence electrons. The third-order valence-corrected chi connectivity index (χ3v) is 3.17. The van der Waals surface area contributed by atoms with Gasteiger partial charge in [0.15, 0.2) is 0 Å². The molecule has 2 atom stereocenters. The number of hydrogen-bond donors (Lipinski definition) is 2. The molecule has 0 fully saturated rings. The molecular weight excluding hydrogens is 255 g/mol. The Morgan fingerprint density at radius 2 is 1.70 bits per heavy atom. The predicted molar refractivity (Wildman–Crippen MR) is 76.3 cm³/mol. The minimum atomic E-state index is -0.759. The van der Waals surface area contributed by atoms with Crippen molar-refractivity contribution in [2.24, 2.45) is 5.73 Å². The molecule has 0 saturated heterocycles. The first-order valence-electron chi connectivity index (χ1n) is 6.45. The van der Waals surface area contributed by atoms with Gasteiger partial charge in [-0.25, -0.2) is 4.39 Å². The summed E-state index contributed by atoms with van der Waals surface area (Å²) in [6.07, 6.45) is 0. The van der Waals surface area contributed by atoms with E-state index in [1.807, 2.05) is 18.2 Å². The van der Waals surface area contributed by atoms with Crippen LogP contribution in [0.5, 0.6) is 0 Å². The highest BCUT2D eigenvalue weighted by atomic mass is 19.1. The quantitative estimate of drug-likeness (QED) is 0.899. The molecule has 3 nitrogen and oxygen atoms in total. The molecule has 3 N–H and O–H groups in total. The van der Waals surface area contributed by atoms with Crippen molar-refractivity contribution in [3.8, 4) is 0 Å². The van der Waals surface area contributed by atoms with Crippen LogP contribution in [0.15, 0.2) is 54.6 Å². The number of hydrogen-bond acceptors (Lipinski definition) is 2. The molecule has 2 aromatic rings. The van der Waals surface area contributed by atoms with Crippen molar-refractivity contribution in [1.82, 2.24) is 5.32 Å². The van der Waals surface area contributed by atoms with Gasteiger partial charge in [-0.2, -0.15) is 0 Å². The highest BCUT2D eigenvalue weighted by molar-refractivity contribution is 5.83. The van der Waals surface area contributed by atoms with Gasteiger partial charge in [0.2, 0.25) is 5.91 Å². The van der Waals surface area contributed by atoms with E-state index in [4.69, 9.17) is 5.73 Å². The topological polar surface area (TPSA) is 55.1 Å². The third-order valence-electron chi connectivity index (χ3n) is 3.17. The Bertz CT molecular complexity index is 586. The number of rotatable bonds is 4. The summed E-state index contributed by atoms with van der Waals surface area (Å²) in [5.74, 6) is -0.666. The van der Waals surface area contributed by atoms with Gasteiger partial charge in [0.25, 0.3) is 0 Å². The van der Waals surface area contributed by atoms with Gasteiger partial charge in [-0.1, -0.05) is 48.5 Å². The lowest BCUT2D eigenvalue weighted by Crippen LogP contribution is -2.35. The van der Waals surface area contributed by atoms with Crippen LogP contribution in [0.1, 0.15) is 30.1 Å². The smallest absolute Gasteiger partial charge is 0.241 e. The zero-order valence-corrected chi connectivity index (χ0v) is 11.2. The van der Waals surface area contributed by atoms with Gasteiger partial charge >= 0.3 is 0 Å². The summed E-state index contributed by atoms with van der Waals surface area (Å²) in [4.78, 5) is 12.1. The van der Waals surface area contributed by atoms with E-state index in [9.17, 15) is 9.18 Å². The summed E-state index contributed by atoms with van der Waals surface area (Å²) >= 11 is 0. The standard InChI is InChI=1S/C16H17FN2O/c1-11(13-9-5-6-10-14(13)17)19-16(20)15(18)12-7-3-2-4-8-12/h2-11,15H,18H2,1H3,(H,19,20)/t11-,15-/m1/s1. The van der Waals surface area contributed by atoms with Crippen LogP contribution in [-0.4, -0.2) is 5.91 Å². The van der Waals surface area contributed by atoms with E-state index in [0.29, 0.717) is 5.56 Å². The van der Waals surface area contributed by atoms with Crippen molar-refractivity contribution in [2.75, 3.05) is 0 Å². The van der Waals surface area contributed by atoms with Gasteiger partial charge in [-0.15, -0.1) is 0 Å². The van der Waals surface area contributed by atoms with E-state index in [1.165, 1.54) is 6.07 Å². The molecule has 0 aliphatic carbocycles. The summed E-state index contributed by atoms with van der Waals surface area (Å²) < 4.78 is 13.6. The van der Waals surface area contributed by atoms with Crippen LogP contribution in [0.2, 0.25) is 0 Å². The summed E-state index contributed by atoms with van der Waals surface area (Å²) in [7, 11) is 0. The molecule has 0 bridgehead atoms. The minimum absolute atomic E-state index is 0.327. The van der Waals surface area contributed by atoms with Crippen LogP contribution in [0, 0.1) is 5.82 Å². The van der Waals surface area contributed by atoms with Crippen LogP contribution in [-0.2, 0) is 4.79 Å². The number of nitrogens with two attached hydrogens (primary N) is 1. The van der Waals surface area contributed by atoms with Crippen LogP contribution in [0.25, 0.3) is 0 Å². The maximum atomic E-state index is 13.6. The Morgan fingerprint density at radius 3 is 2.35 bits per heavy atom. The molecule has 0 unspecified atom stereocenters. The average Bonchev–Trinajstić information content (AvgIpc) is 2.47. The molecule has 0 aliphatic rings. The molecule has 0 spiro atoms. The normalized spacial score (nSPS) is 13.6. The van der Waals surface area contributed by atoms with Crippen molar-refractivity contribution in [3.05, 3.63) is 71.5 Å². The molecule has 0 saturated carbocycles. The van der Waals surface area contributed by atoms with Gasteiger partial charge < -0.3 is 11.1 Å². The number of nitrogens with one attached hydrogen (secondary N) is 1. The first kappa shape index (κ1) is 14.2. The van der Waals surface area contributed by atoms with E-state index in [0.717, 1.165) is 5.56 Å². The Labute approximate surface area is 117 Å². The molecule has 4 heteroatoms. The molecule has 2 aromatic carbocycles. The predicted octanol–water partition coefficient (Wildman–Crippen LogP) is 2.70. The van der Waals surface area contributed by atoms with Gasteiger partial charge in [0.1, 0.15) is 11.9 Å². The summed E-state index contributed by atoms with van der Waals surface area (Å²) in [5.41, 5.74) is 7.07. The first-order valence-corrected chi connectivity index (χ1v) is 6.45. The molecule has 0 aliphatic heterocycles. The van der Waals surface area contributed by atoms with Crippen LogP contribution in [0.4, 0.5) is 4.39 Å². The second-order valence-electron chi connectivity index (χ2n) is 4.64. The monoisotopic (exact) mass is 272 g/mol. The van der Waals surface area contributed by atoms with Crippen molar-refractivity contribution < 1.29 is 9.18 Å². The lowest BCUT2D eigenvalue weighted by molar-refractivity contribution is -0.123. The van der Waals surface area contributed by atoms with Crippen molar-refractivity contribution in [3.63, 3.8) is 0 Å². The lowest BCUT2D eigenvalue weighted by Gasteiger charge is -2.18. The molecule has 20 heavy (non-hydrogen) atoms. The fourth-order valence-corrected chi connectivity index (χ4v) is 2.02. The Kier molecular flexibility index (Phi) is 4.48.